The maximum Gasteiger partial charge on any atom is 0.302 e. The van der Waals surface area contributed by atoms with Crippen molar-refractivity contribution < 1.29 is 19.0 Å². The van der Waals surface area contributed by atoms with Gasteiger partial charge in [0.05, 0.1) is 18.8 Å². The summed E-state index contributed by atoms with van der Waals surface area (Å²) in [6.07, 6.45) is 2.96. The van der Waals surface area contributed by atoms with Gasteiger partial charge in [-0.25, -0.2) is 0 Å². The molecule has 4 heteroatoms. The van der Waals surface area contributed by atoms with E-state index in [0.29, 0.717) is 32.0 Å². The number of rotatable bonds is 7. The Morgan fingerprint density at radius 2 is 2.07 bits per heavy atom. The van der Waals surface area contributed by atoms with Crippen LogP contribution in [0, 0.1) is 0 Å². The van der Waals surface area contributed by atoms with Crippen LogP contribution in [0.1, 0.15) is 26.7 Å². The third-order valence-corrected chi connectivity index (χ3v) is 2.15. The van der Waals surface area contributed by atoms with Gasteiger partial charge in [-0.1, -0.05) is 0 Å². The van der Waals surface area contributed by atoms with E-state index in [9.17, 15) is 4.79 Å². The number of esters is 1. The molecule has 0 aromatic rings. The average Bonchev–Trinajstić information content (AvgIpc) is 2.80. The van der Waals surface area contributed by atoms with Crippen molar-refractivity contribution in [3.8, 4) is 0 Å². The van der Waals surface area contributed by atoms with Crippen molar-refractivity contribution in [1.82, 2.24) is 0 Å². The Labute approximate surface area is 84.5 Å². The Morgan fingerprint density at radius 3 is 2.64 bits per heavy atom. The Bertz CT molecular complexity index is 181. The second-order valence-corrected chi connectivity index (χ2v) is 3.47. The minimum Gasteiger partial charge on any atom is -0.463 e. The predicted molar refractivity (Wildman–Crippen MR) is 51.0 cm³/mol. The summed E-state index contributed by atoms with van der Waals surface area (Å²) < 4.78 is 15.2. The molecule has 1 heterocycles. The number of hydrogen-bond donors (Lipinski definition) is 0. The Morgan fingerprint density at radius 1 is 1.36 bits per heavy atom. The molecule has 14 heavy (non-hydrogen) atoms. The van der Waals surface area contributed by atoms with Gasteiger partial charge < -0.3 is 14.2 Å². The Balaban J connectivity index is 1.74. The largest absolute Gasteiger partial charge is 0.463 e. The van der Waals surface area contributed by atoms with Crippen LogP contribution in [0.15, 0.2) is 0 Å². The molecule has 0 N–H and O–H groups in total. The predicted octanol–water partition coefficient (Wildman–Crippen LogP) is 1.13. The van der Waals surface area contributed by atoms with Crippen LogP contribution >= 0.6 is 0 Å². The van der Waals surface area contributed by atoms with Crippen LogP contribution in [-0.4, -0.2) is 38.0 Å². The first kappa shape index (κ1) is 11.5. The van der Waals surface area contributed by atoms with Gasteiger partial charge >= 0.3 is 5.97 Å². The lowest BCUT2D eigenvalue weighted by molar-refractivity contribution is -0.142. The maximum atomic E-state index is 10.4. The molecule has 1 fully saturated rings. The summed E-state index contributed by atoms with van der Waals surface area (Å²) in [6.45, 7) is 5.03. The molecule has 0 amide bonds. The first-order chi connectivity index (χ1) is 6.70. The van der Waals surface area contributed by atoms with Gasteiger partial charge in [-0.2, -0.15) is 0 Å². The maximum absolute atomic E-state index is 10.4. The van der Waals surface area contributed by atoms with Crippen LogP contribution in [0.4, 0.5) is 0 Å². The van der Waals surface area contributed by atoms with Crippen molar-refractivity contribution in [2.75, 3.05) is 19.8 Å². The smallest absolute Gasteiger partial charge is 0.302 e. The third-order valence-electron chi connectivity index (χ3n) is 2.15. The van der Waals surface area contributed by atoms with Crippen molar-refractivity contribution in [3.63, 3.8) is 0 Å². The van der Waals surface area contributed by atoms with Crippen molar-refractivity contribution in [3.05, 3.63) is 0 Å². The molecule has 82 valence electrons. The van der Waals surface area contributed by atoms with Gasteiger partial charge in [0.2, 0.25) is 0 Å². The van der Waals surface area contributed by atoms with Gasteiger partial charge in [-0.15, -0.1) is 0 Å². The lowest BCUT2D eigenvalue weighted by atomic mass is 10.2. The normalized spacial score (nSPS) is 24.7. The van der Waals surface area contributed by atoms with Crippen molar-refractivity contribution >= 4 is 5.97 Å². The molecule has 0 aromatic heterocycles. The summed E-state index contributed by atoms with van der Waals surface area (Å²) in [5.74, 6) is -0.256. The van der Waals surface area contributed by atoms with Gasteiger partial charge in [0.25, 0.3) is 0 Å². The number of ether oxygens (including phenoxy) is 3. The molecule has 0 aliphatic carbocycles. The van der Waals surface area contributed by atoms with E-state index in [4.69, 9.17) is 14.2 Å². The van der Waals surface area contributed by atoms with Crippen LogP contribution in [0.25, 0.3) is 0 Å². The summed E-state index contributed by atoms with van der Waals surface area (Å²) in [5, 5.41) is 0. The van der Waals surface area contributed by atoms with Crippen molar-refractivity contribution in [2.45, 2.75) is 38.9 Å². The molecule has 0 bridgehead atoms. The molecular weight excluding hydrogens is 184 g/mol. The van der Waals surface area contributed by atoms with Crippen molar-refractivity contribution in [2.24, 2.45) is 0 Å². The van der Waals surface area contributed by atoms with Crippen LogP contribution in [-0.2, 0) is 19.0 Å². The highest BCUT2D eigenvalue weighted by molar-refractivity contribution is 5.65. The summed E-state index contributed by atoms with van der Waals surface area (Å²) in [6, 6.07) is 0. The van der Waals surface area contributed by atoms with Gasteiger partial charge in [0.1, 0.15) is 6.61 Å². The molecule has 0 saturated carbocycles. The van der Waals surface area contributed by atoms with Crippen LogP contribution in [0.2, 0.25) is 0 Å². The van der Waals surface area contributed by atoms with E-state index in [2.05, 4.69) is 6.92 Å². The SMILES string of the molecule is CC(=O)OCCOCCCC1OC1C. The third kappa shape index (κ3) is 5.19. The molecule has 1 saturated heterocycles. The average molecular weight is 202 g/mol. The molecular formula is C10H18O4. The number of carbonyl (C=O) groups is 1. The zero-order chi connectivity index (χ0) is 10.4. The summed E-state index contributed by atoms with van der Waals surface area (Å²) in [5.41, 5.74) is 0. The summed E-state index contributed by atoms with van der Waals surface area (Å²) >= 11 is 0. The fourth-order valence-corrected chi connectivity index (χ4v) is 1.27. The van der Waals surface area contributed by atoms with Gasteiger partial charge in [-0.3, -0.25) is 4.79 Å². The van der Waals surface area contributed by atoms with E-state index in [1.165, 1.54) is 6.92 Å². The summed E-state index contributed by atoms with van der Waals surface area (Å²) in [4.78, 5) is 10.4. The molecule has 0 aromatic carbocycles. The van der Waals surface area contributed by atoms with E-state index in [0.717, 1.165) is 12.8 Å². The zero-order valence-corrected chi connectivity index (χ0v) is 8.82. The minimum absolute atomic E-state index is 0.256. The van der Waals surface area contributed by atoms with E-state index < -0.39 is 0 Å². The van der Waals surface area contributed by atoms with E-state index in [1.54, 1.807) is 0 Å². The standard InChI is InChI=1S/C10H18O4/c1-8-10(14-8)4-3-5-12-6-7-13-9(2)11/h8,10H,3-7H2,1-2H3. The molecule has 0 radical (unpaired) electrons. The zero-order valence-electron chi connectivity index (χ0n) is 8.82. The lowest BCUT2D eigenvalue weighted by Crippen LogP contribution is -2.08. The second kappa shape index (κ2) is 5.98. The fraction of sp³-hybridized carbons (Fsp3) is 0.900. The minimum atomic E-state index is -0.256. The van der Waals surface area contributed by atoms with Crippen LogP contribution in [0.3, 0.4) is 0 Å². The Kier molecular flexibility index (Phi) is 4.90. The van der Waals surface area contributed by atoms with Crippen LogP contribution in [0.5, 0.6) is 0 Å². The van der Waals surface area contributed by atoms with E-state index >= 15 is 0 Å². The van der Waals surface area contributed by atoms with Gasteiger partial charge in [0.15, 0.2) is 0 Å². The Hall–Kier alpha value is -0.610. The number of epoxide rings is 1. The lowest BCUT2D eigenvalue weighted by Gasteiger charge is -2.03. The molecule has 1 rings (SSSR count). The molecule has 4 nitrogen and oxygen atoms in total. The number of carbonyl (C=O) groups excluding carboxylic acids is 1. The van der Waals surface area contributed by atoms with E-state index in [-0.39, 0.29) is 5.97 Å². The first-order valence-corrected chi connectivity index (χ1v) is 5.06. The quantitative estimate of drug-likeness (QED) is 0.353. The summed E-state index contributed by atoms with van der Waals surface area (Å²) in [7, 11) is 0. The van der Waals surface area contributed by atoms with E-state index in [1.807, 2.05) is 0 Å². The first-order valence-electron chi connectivity index (χ1n) is 5.06. The topological polar surface area (TPSA) is 48.1 Å². The molecule has 0 spiro atoms. The monoisotopic (exact) mass is 202 g/mol. The van der Waals surface area contributed by atoms with Gasteiger partial charge in [0, 0.05) is 13.5 Å². The van der Waals surface area contributed by atoms with Crippen LogP contribution < -0.4 is 0 Å². The second-order valence-electron chi connectivity index (χ2n) is 3.47. The molecule has 1 aliphatic heterocycles. The molecule has 1 aliphatic rings. The highest BCUT2D eigenvalue weighted by atomic mass is 16.6. The fourth-order valence-electron chi connectivity index (χ4n) is 1.27. The van der Waals surface area contributed by atoms with Gasteiger partial charge in [-0.05, 0) is 19.8 Å². The molecule has 2 unspecified atom stereocenters. The number of hydrogen-bond acceptors (Lipinski definition) is 4. The highest BCUT2D eigenvalue weighted by Crippen LogP contribution is 2.25. The highest BCUT2D eigenvalue weighted by Gasteiger charge is 2.32. The van der Waals surface area contributed by atoms with Crippen molar-refractivity contribution in [1.29, 1.82) is 0 Å². The molecule has 2 atom stereocenters.